The molecule has 0 heterocycles. The van der Waals surface area contributed by atoms with Gasteiger partial charge in [-0.25, -0.2) is 4.39 Å². The molecule has 1 aromatic rings. The normalized spacial score (nSPS) is 10.2. The van der Waals surface area contributed by atoms with Crippen LogP contribution in [0.1, 0.15) is 25.7 Å². The lowest BCUT2D eigenvalue weighted by atomic mass is 10.2. The first-order valence-corrected chi connectivity index (χ1v) is 6.66. The molecule has 0 amide bonds. The van der Waals surface area contributed by atoms with Crippen LogP contribution in [0.15, 0.2) is 29.2 Å². The topological polar surface area (TPSA) is 26.3 Å². The minimum Gasteiger partial charge on any atom is -0.469 e. The van der Waals surface area contributed by atoms with Crippen molar-refractivity contribution in [1.29, 1.82) is 0 Å². The molecular formula is C13H17FO2S. The van der Waals surface area contributed by atoms with Gasteiger partial charge in [0.15, 0.2) is 0 Å². The zero-order chi connectivity index (χ0) is 12.5. The Hall–Kier alpha value is -1.03. The number of esters is 1. The summed E-state index contributed by atoms with van der Waals surface area (Å²) in [6, 6.07) is 6.78. The highest BCUT2D eigenvalue weighted by Gasteiger charge is 2.02. The smallest absolute Gasteiger partial charge is 0.305 e. The summed E-state index contributed by atoms with van der Waals surface area (Å²) in [6.07, 6.45) is 3.26. The Kier molecular flexibility index (Phi) is 6.70. The van der Waals surface area contributed by atoms with E-state index in [-0.39, 0.29) is 11.8 Å². The van der Waals surface area contributed by atoms with E-state index in [1.54, 1.807) is 12.1 Å². The van der Waals surface area contributed by atoms with Crippen LogP contribution in [0.3, 0.4) is 0 Å². The first-order valence-electron chi connectivity index (χ1n) is 5.68. The minimum atomic E-state index is -0.160. The number of rotatable bonds is 7. The van der Waals surface area contributed by atoms with Crippen LogP contribution >= 0.6 is 11.8 Å². The fourth-order valence-electron chi connectivity index (χ4n) is 1.39. The maximum absolute atomic E-state index is 13.2. The number of carbonyl (C=O) groups is 1. The van der Waals surface area contributed by atoms with Gasteiger partial charge in [-0.3, -0.25) is 4.79 Å². The largest absolute Gasteiger partial charge is 0.469 e. The van der Waals surface area contributed by atoms with Crippen molar-refractivity contribution >= 4 is 17.7 Å². The van der Waals surface area contributed by atoms with E-state index in [1.165, 1.54) is 24.9 Å². The molecule has 0 aliphatic rings. The summed E-state index contributed by atoms with van der Waals surface area (Å²) >= 11 is 1.52. The molecule has 0 aliphatic heterocycles. The number of unbranched alkanes of at least 4 members (excludes halogenated alkanes) is 2. The molecule has 17 heavy (non-hydrogen) atoms. The molecule has 0 fully saturated rings. The Morgan fingerprint density at radius 3 is 2.76 bits per heavy atom. The molecule has 1 aromatic carbocycles. The van der Waals surface area contributed by atoms with Gasteiger partial charge >= 0.3 is 5.97 Å². The first kappa shape index (κ1) is 14.0. The lowest BCUT2D eigenvalue weighted by molar-refractivity contribution is -0.140. The molecule has 2 nitrogen and oxygen atoms in total. The van der Waals surface area contributed by atoms with Gasteiger partial charge in [-0.05, 0) is 30.7 Å². The Morgan fingerprint density at radius 1 is 1.29 bits per heavy atom. The Balaban J connectivity index is 2.09. The van der Waals surface area contributed by atoms with Crippen LogP contribution in [0.25, 0.3) is 0 Å². The van der Waals surface area contributed by atoms with Crippen LogP contribution in [-0.2, 0) is 9.53 Å². The lowest BCUT2D eigenvalue weighted by Gasteiger charge is -2.03. The van der Waals surface area contributed by atoms with Gasteiger partial charge in [0.1, 0.15) is 5.82 Å². The number of ether oxygens (including phenoxy) is 1. The van der Waals surface area contributed by atoms with E-state index < -0.39 is 0 Å². The summed E-state index contributed by atoms with van der Waals surface area (Å²) in [5, 5.41) is 0. The second-order valence-corrected chi connectivity index (χ2v) is 4.80. The molecule has 4 heteroatoms. The molecule has 0 N–H and O–H groups in total. The van der Waals surface area contributed by atoms with Crippen LogP contribution < -0.4 is 0 Å². The summed E-state index contributed by atoms with van der Waals surface area (Å²) in [5.74, 6) is 0.557. The second kappa shape index (κ2) is 8.12. The lowest BCUT2D eigenvalue weighted by Crippen LogP contribution is -1.99. The standard InChI is InChI=1S/C13H17FO2S/c1-16-13(15)9-3-2-6-10-17-12-8-5-4-7-11(12)14/h4-5,7-8H,2-3,6,9-10H2,1H3. The Labute approximate surface area is 106 Å². The van der Waals surface area contributed by atoms with E-state index in [2.05, 4.69) is 4.74 Å². The van der Waals surface area contributed by atoms with Crippen LogP contribution in [0, 0.1) is 5.82 Å². The minimum absolute atomic E-state index is 0.160. The number of methoxy groups -OCH3 is 1. The molecule has 0 bridgehead atoms. The van der Waals surface area contributed by atoms with Crippen molar-refractivity contribution in [3.05, 3.63) is 30.1 Å². The highest BCUT2D eigenvalue weighted by molar-refractivity contribution is 7.99. The van der Waals surface area contributed by atoms with Crippen LogP contribution in [0.2, 0.25) is 0 Å². The molecule has 0 saturated heterocycles. The van der Waals surface area contributed by atoms with Crippen molar-refractivity contribution < 1.29 is 13.9 Å². The average molecular weight is 256 g/mol. The van der Waals surface area contributed by atoms with Crippen molar-refractivity contribution in [2.75, 3.05) is 12.9 Å². The van der Waals surface area contributed by atoms with Gasteiger partial charge in [-0.2, -0.15) is 0 Å². The molecule has 0 aromatic heterocycles. The molecular weight excluding hydrogens is 239 g/mol. The maximum atomic E-state index is 13.2. The van der Waals surface area contributed by atoms with Crippen molar-refractivity contribution in [1.82, 2.24) is 0 Å². The fourth-order valence-corrected chi connectivity index (χ4v) is 2.34. The van der Waals surface area contributed by atoms with Gasteiger partial charge < -0.3 is 4.74 Å². The highest BCUT2D eigenvalue weighted by Crippen LogP contribution is 2.22. The predicted molar refractivity (Wildman–Crippen MR) is 67.6 cm³/mol. The van der Waals surface area contributed by atoms with Gasteiger partial charge in [-0.1, -0.05) is 18.6 Å². The molecule has 0 atom stereocenters. The summed E-state index contributed by atoms with van der Waals surface area (Å²) in [5.41, 5.74) is 0. The highest BCUT2D eigenvalue weighted by atomic mass is 32.2. The predicted octanol–water partition coefficient (Wildman–Crippen LogP) is 3.65. The monoisotopic (exact) mass is 256 g/mol. The van der Waals surface area contributed by atoms with Gasteiger partial charge in [0.25, 0.3) is 0 Å². The third-order valence-electron chi connectivity index (χ3n) is 2.35. The van der Waals surface area contributed by atoms with E-state index in [0.29, 0.717) is 11.3 Å². The molecule has 0 unspecified atom stereocenters. The number of benzene rings is 1. The summed E-state index contributed by atoms with van der Waals surface area (Å²) in [7, 11) is 1.40. The van der Waals surface area contributed by atoms with Gasteiger partial charge in [0.05, 0.1) is 7.11 Å². The third kappa shape index (κ3) is 5.73. The Bertz CT molecular complexity index is 355. The van der Waals surface area contributed by atoms with E-state index in [1.807, 2.05) is 6.07 Å². The molecule has 1 rings (SSSR count). The number of hydrogen-bond donors (Lipinski definition) is 0. The number of halogens is 1. The molecule has 0 spiro atoms. The second-order valence-electron chi connectivity index (χ2n) is 3.67. The Morgan fingerprint density at radius 2 is 2.06 bits per heavy atom. The third-order valence-corrected chi connectivity index (χ3v) is 3.48. The van der Waals surface area contributed by atoms with E-state index in [9.17, 15) is 9.18 Å². The zero-order valence-corrected chi connectivity index (χ0v) is 10.8. The van der Waals surface area contributed by atoms with Crippen molar-refractivity contribution in [2.24, 2.45) is 0 Å². The first-order chi connectivity index (χ1) is 8.24. The molecule has 0 radical (unpaired) electrons. The summed E-state index contributed by atoms with van der Waals surface area (Å²) in [4.78, 5) is 11.5. The van der Waals surface area contributed by atoms with E-state index >= 15 is 0 Å². The van der Waals surface area contributed by atoms with Crippen LogP contribution in [0.5, 0.6) is 0 Å². The van der Waals surface area contributed by atoms with Gasteiger partial charge in [0.2, 0.25) is 0 Å². The fraction of sp³-hybridized carbons (Fsp3) is 0.462. The van der Waals surface area contributed by atoms with Crippen molar-refractivity contribution in [2.45, 2.75) is 30.6 Å². The van der Waals surface area contributed by atoms with Crippen LogP contribution in [-0.4, -0.2) is 18.8 Å². The number of thioether (sulfide) groups is 1. The molecule has 0 saturated carbocycles. The van der Waals surface area contributed by atoms with Crippen molar-refractivity contribution in [3.63, 3.8) is 0 Å². The van der Waals surface area contributed by atoms with Gasteiger partial charge in [-0.15, -0.1) is 11.8 Å². The summed E-state index contributed by atoms with van der Waals surface area (Å²) < 4.78 is 17.8. The number of carbonyl (C=O) groups excluding carboxylic acids is 1. The molecule has 0 aliphatic carbocycles. The van der Waals surface area contributed by atoms with Crippen LogP contribution in [0.4, 0.5) is 4.39 Å². The maximum Gasteiger partial charge on any atom is 0.305 e. The average Bonchev–Trinajstić information content (AvgIpc) is 2.35. The summed E-state index contributed by atoms with van der Waals surface area (Å²) in [6.45, 7) is 0. The van der Waals surface area contributed by atoms with Gasteiger partial charge in [0, 0.05) is 11.3 Å². The molecule has 94 valence electrons. The SMILES string of the molecule is COC(=O)CCCCCSc1ccccc1F. The quantitative estimate of drug-likeness (QED) is 0.423. The number of hydrogen-bond acceptors (Lipinski definition) is 3. The van der Waals surface area contributed by atoms with E-state index in [4.69, 9.17) is 0 Å². The zero-order valence-electron chi connectivity index (χ0n) is 9.95. The van der Waals surface area contributed by atoms with E-state index in [0.717, 1.165) is 25.0 Å². The van der Waals surface area contributed by atoms with Crippen molar-refractivity contribution in [3.8, 4) is 0 Å².